The highest BCUT2D eigenvalue weighted by atomic mass is 16.6. The van der Waals surface area contributed by atoms with Gasteiger partial charge in [-0.25, -0.2) is 0 Å². The number of carboxylic acids is 1. The molecule has 0 aromatic carbocycles. The van der Waals surface area contributed by atoms with Gasteiger partial charge in [-0.1, -0.05) is 6.58 Å². The molecular formula is C12H18O6. The van der Waals surface area contributed by atoms with Gasteiger partial charge < -0.3 is 14.6 Å². The number of hydrogen-bond acceptors (Lipinski definition) is 5. The summed E-state index contributed by atoms with van der Waals surface area (Å²) in [4.78, 5) is 32.2. The highest BCUT2D eigenvalue weighted by Gasteiger charge is 2.24. The molecule has 102 valence electrons. The molecule has 0 radical (unpaired) electrons. The van der Waals surface area contributed by atoms with Crippen LogP contribution >= 0.6 is 0 Å². The molecule has 6 heteroatoms. The fourth-order valence-electron chi connectivity index (χ4n) is 1.43. The quantitative estimate of drug-likeness (QED) is 0.521. The Hall–Kier alpha value is -1.85. The molecule has 1 N–H and O–H groups in total. The van der Waals surface area contributed by atoms with Crippen LogP contribution in [0.15, 0.2) is 12.7 Å². The van der Waals surface area contributed by atoms with Gasteiger partial charge >= 0.3 is 17.9 Å². The lowest BCUT2D eigenvalue weighted by Crippen LogP contribution is -2.33. The van der Waals surface area contributed by atoms with Gasteiger partial charge in [-0.3, -0.25) is 14.4 Å². The van der Waals surface area contributed by atoms with Crippen LogP contribution in [0.25, 0.3) is 0 Å². The van der Waals surface area contributed by atoms with Crippen LogP contribution in [0, 0.1) is 0 Å². The van der Waals surface area contributed by atoms with Crippen LogP contribution < -0.4 is 0 Å². The molecule has 0 saturated heterocycles. The molecule has 6 nitrogen and oxygen atoms in total. The van der Waals surface area contributed by atoms with Gasteiger partial charge in [0.05, 0.1) is 0 Å². The Morgan fingerprint density at radius 3 is 2.17 bits per heavy atom. The minimum absolute atomic E-state index is 0.0400. The molecule has 0 fully saturated rings. The van der Waals surface area contributed by atoms with Gasteiger partial charge in [0.25, 0.3) is 0 Å². The Kier molecular flexibility index (Phi) is 7.42. The van der Waals surface area contributed by atoms with Crippen LogP contribution in [0.4, 0.5) is 0 Å². The van der Waals surface area contributed by atoms with Crippen molar-refractivity contribution in [1.29, 1.82) is 0 Å². The summed E-state index contributed by atoms with van der Waals surface area (Å²) in [5, 5.41) is 8.54. The fourth-order valence-corrected chi connectivity index (χ4v) is 1.43. The van der Waals surface area contributed by atoms with Crippen molar-refractivity contribution in [3.8, 4) is 0 Å². The van der Waals surface area contributed by atoms with Gasteiger partial charge in [-0.15, -0.1) is 0 Å². The number of aliphatic carboxylic acids is 1. The molecule has 0 spiro atoms. The highest BCUT2D eigenvalue weighted by molar-refractivity contribution is 5.68. The van der Waals surface area contributed by atoms with E-state index in [0.717, 1.165) is 0 Å². The summed E-state index contributed by atoms with van der Waals surface area (Å²) in [5.74, 6) is -1.97. The lowest BCUT2D eigenvalue weighted by molar-refractivity contribution is -0.162. The van der Waals surface area contributed by atoms with Crippen molar-refractivity contribution >= 4 is 17.9 Å². The Labute approximate surface area is 106 Å². The molecule has 0 heterocycles. The summed E-state index contributed by atoms with van der Waals surface area (Å²) in [6.07, 6.45) is 0.454. The average molecular weight is 258 g/mol. The predicted octanol–water partition coefficient (Wildman–Crippen LogP) is 1.29. The molecule has 0 rings (SSSR count). The van der Waals surface area contributed by atoms with Crippen molar-refractivity contribution in [2.45, 2.75) is 45.3 Å². The molecular weight excluding hydrogens is 240 g/mol. The topological polar surface area (TPSA) is 89.9 Å². The second-order valence-electron chi connectivity index (χ2n) is 3.74. The minimum atomic E-state index is -0.931. The number of carboxylic acid groups (broad SMARTS) is 1. The van der Waals surface area contributed by atoms with E-state index in [-0.39, 0.29) is 12.8 Å². The molecule has 0 aliphatic rings. The maximum atomic E-state index is 10.9. The first kappa shape index (κ1) is 16.1. The lowest BCUT2D eigenvalue weighted by Gasteiger charge is -2.23. The maximum Gasteiger partial charge on any atom is 0.303 e. The summed E-state index contributed by atoms with van der Waals surface area (Å²) in [7, 11) is 0. The zero-order valence-electron chi connectivity index (χ0n) is 10.5. The maximum absolute atomic E-state index is 10.9. The predicted molar refractivity (Wildman–Crippen MR) is 62.8 cm³/mol. The Bertz CT molecular complexity index is 323. The van der Waals surface area contributed by atoms with E-state index in [1.54, 1.807) is 0 Å². The summed E-state index contributed by atoms with van der Waals surface area (Å²) in [6.45, 7) is 5.97. The molecule has 0 amide bonds. The zero-order chi connectivity index (χ0) is 14.1. The largest absolute Gasteiger partial charge is 0.481 e. The van der Waals surface area contributed by atoms with Crippen LogP contribution in [0.3, 0.4) is 0 Å². The van der Waals surface area contributed by atoms with Crippen molar-refractivity contribution in [1.82, 2.24) is 0 Å². The summed E-state index contributed by atoms with van der Waals surface area (Å²) in [5.41, 5.74) is 0. The lowest BCUT2D eigenvalue weighted by atomic mass is 10.1. The van der Waals surface area contributed by atoms with Crippen LogP contribution in [0.2, 0.25) is 0 Å². The number of rotatable bonds is 8. The van der Waals surface area contributed by atoms with Crippen LogP contribution in [-0.2, 0) is 23.9 Å². The Balaban J connectivity index is 4.51. The zero-order valence-corrected chi connectivity index (χ0v) is 10.5. The van der Waals surface area contributed by atoms with Crippen molar-refractivity contribution in [3.63, 3.8) is 0 Å². The molecule has 0 saturated carbocycles. The first-order valence-corrected chi connectivity index (χ1v) is 5.55. The molecule has 18 heavy (non-hydrogen) atoms. The van der Waals surface area contributed by atoms with Crippen LogP contribution in [0.1, 0.15) is 33.1 Å². The number of carbonyl (C=O) groups is 3. The van der Waals surface area contributed by atoms with E-state index in [1.165, 1.54) is 19.9 Å². The van der Waals surface area contributed by atoms with Gasteiger partial charge in [0.15, 0.2) is 6.10 Å². The second-order valence-corrected chi connectivity index (χ2v) is 3.74. The second kappa shape index (κ2) is 8.27. The third kappa shape index (κ3) is 7.43. The van der Waals surface area contributed by atoms with Crippen molar-refractivity contribution in [2.24, 2.45) is 0 Å². The first-order valence-electron chi connectivity index (χ1n) is 5.55. The molecule has 0 aliphatic carbocycles. The van der Waals surface area contributed by atoms with E-state index in [2.05, 4.69) is 6.58 Å². The molecule has 0 bridgehead atoms. The monoisotopic (exact) mass is 258 g/mol. The molecule has 0 unspecified atom stereocenters. The van der Waals surface area contributed by atoms with E-state index < -0.39 is 30.1 Å². The van der Waals surface area contributed by atoms with E-state index in [1.807, 2.05) is 0 Å². The molecule has 0 aromatic heterocycles. The normalized spacial score (nSPS) is 13.2. The third-order valence-electron chi connectivity index (χ3n) is 2.10. The number of esters is 2. The van der Waals surface area contributed by atoms with Gasteiger partial charge in [0.2, 0.25) is 0 Å². The summed E-state index contributed by atoms with van der Waals surface area (Å²) >= 11 is 0. The van der Waals surface area contributed by atoms with Crippen molar-refractivity contribution in [3.05, 3.63) is 12.7 Å². The highest BCUT2D eigenvalue weighted by Crippen LogP contribution is 2.14. The van der Waals surface area contributed by atoms with E-state index in [4.69, 9.17) is 14.6 Å². The Morgan fingerprint density at radius 2 is 1.78 bits per heavy atom. The van der Waals surface area contributed by atoms with Crippen LogP contribution in [0.5, 0.6) is 0 Å². The first-order chi connectivity index (χ1) is 8.36. The SMILES string of the molecule is C=C[C@@H](OC(C)=O)[C@H](CCCC(=O)O)OC(C)=O. The van der Waals surface area contributed by atoms with E-state index in [0.29, 0.717) is 6.42 Å². The number of hydrogen-bond donors (Lipinski definition) is 1. The van der Waals surface area contributed by atoms with Gasteiger partial charge in [0.1, 0.15) is 6.10 Å². The third-order valence-corrected chi connectivity index (χ3v) is 2.10. The fraction of sp³-hybridized carbons (Fsp3) is 0.583. The minimum Gasteiger partial charge on any atom is -0.481 e. The standard InChI is InChI=1S/C12H18O6/c1-4-10(17-8(2)13)11(18-9(3)14)6-5-7-12(15)16/h4,10-11H,1,5-7H2,2-3H3,(H,15,16)/t10-,11+/m1/s1. The molecule has 2 atom stereocenters. The number of carbonyl (C=O) groups excluding carboxylic acids is 2. The molecule has 0 aliphatic heterocycles. The smallest absolute Gasteiger partial charge is 0.303 e. The van der Waals surface area contributed by atoms with Gasteiger partial charge in [-0.05, 0) is 18.9 Å². The summed E-state index contributed by atoms with van der Waals surface area (Å²) in [6, 6.07) is 0. The molecule has 0 aromatic rings. The average Bonchev–Trinajstić information content (AvgIpc) is 2.23. The van der Waals surface area contributed by atoms with Gasteiger partial charge in [0, 0.05) is 20.3 Å². The van der Waals surface area contributed by atoms with Crippen molar-refractivity contribution in [2.75, 3.05) is 0 Å². The van der Waals surface area contributed by atoms with Crippen LogP contribution in [-0.4, -0.2) is 35.2 Å². The van der Waals surface area contributed by atoms with E-state index in [9.17, 15) is 14.4 Å². The Morgan fingerprint density at radius 1 is 1.22 bits per heavy atom. The number of ether oxygens (including phenoxy) is 2. The van der Waals surface area contributed by atoms with Gasteiger partial charge in [-0.2, -0.15) is 0 Å². The summed E-state index contributed by atoms with van der Waals surface area (Å²) < 4.78 is 9.94. The van der Waals surface area contributed by atoms with E-state index >= 15 is 0 Å². The van der Waals surface area contributed by atoms with Crippen molar-refractivity contribution < 1.29 is 29.0 Å².